The Morgan fingerprint density at radius 3 is 2.79 bits per heavy atom. The van der Waals surface area contributed by atoms with Crippen molar-refractivity contribution in [2.24, 2.45) is 0 Å². The molecule has 3 nitrogen and oxygen atoms in total. The third-order valence-corrected chi connectivity index (χ3v) is 2.92. The minimum atomic E-state index is -0.581. The number of benzene rings is 1. The van der Waals surface area contributed by atoms with Crippen LogP contribution in [-0.4, -0.2) is 10.3 Å². The number of nitrogens with zero attached hydrogens (tertiary/aromatic N) is 1. The molecular weight excluding hydrogens is 253 g/mol. The summed E-state index contributed by atoms with van der Waals surface area (Å²) in [6, 6.07) is 3.65. The number of hydrogen-bond donors (Lipinski definition) is 0. The SMILES string of the molecule is CC(CBr)c1ccc(F)cc1[N+](=O)[O-]. The molecule has 0 aliphatic carbocycles. The van der Waals surface area contributed by atoms with Crippen molar-refractivity contribution in [1.29, 1.82) is 0 Å². The molecule has 14 heavy (non-hydrogen) atoms. The monoisotopic (exact) mass is 261 g/mol. The zero-order valence-electron chi connectivity index (χ0n) is 7.54. The molecule has 0 amide bonds. The Morgan fingerprint density at radius 1 is 1.64 bits per heavy atom. The van der Waals surface area contributed by atoms with Gasteiger partial charge in [-0.25, -0.2) is 4.39 Å². The maximum atomic E-state index is 12.8. The smallest absolute Gasteiger partial charge is 0.258 e. The second kappa shape index (κ2) is 4.50. The number of nitro groups is 1. The van der Waals surface area contributed by atoms with Crippen LogP contribution in [0.3, 0.4) is 0 Å². The lowest BCUT2D eigenvalue weighted by atomic mass is 10.0. The van der Waals surface area contributed by atoms with Crippen LogP contribution in [0, 0.1) is 15.9 Å². The van der Waals surface area contributed by atoms with Gasteiger partial charge in [-0.05, 0) is 18.1 Å². The summed E-state index contributed by atoms with van der Waals surface area (Å²) in [4.78, 5) is 10.1. The highest BCUT2D eigenvalue weighted by Gasteiger charge is 2.18. The van der Waals surface area contributed by atoms with E-state index in [-0.39, 0.29) is 11.6 Å². The van der Waals surface area contributed by atoms with Crippen LogP contribution in [0.1, 0.15) is 18.4 Å². The van der Waals surface area contributed by atoms with Gasteiger partial charge in [0.25, 0.3) is 5.69 Å². The molecule has 0 aromatic heterocycles. The van der Waals surface area contributed by atoms with E-state index in [1.54, 1.807) is 0 Å². The molecular formula is C9H9BrFNO2. The zero-order chi connectivity index (χ0) is 10.7. The Hall–Kier alpha value is -0.970. The molecule has 0 bridgehead atoms. The maximum Gasteiger partial charge on any atom is 0.275 e. The summed E-state index contributed by atoms with van der Waals surface area (Å²) in [6.07, 6.45) is 0. The topological polar surface area (TPSA) is 43.1 Å². The van der Waals surface area contributed by atoms with E-state index >= 15 is 0 Å². The quantitative estimate of drug-likeness (QED) is 0.476. The number of rotatable bonds is 3. The van der Waals surface area contributed by atoms with Gasteiger partial charge in [-0.2, -0.15) is 0 Å². The van der Waals surface area contributed by atoms with Crippen molar-refractivity contribution in [3.05, 3.63) is 39.7 Å². The standard InChI is InChI=1S/C9H9BrFNO2/c1-6(5-10)8-3-2-7(11)4-9(8)12(13)14/h2-4,6H,5H2,1H3. The molecule has 1 unspecified atom stereocenters. The third-order valence-electron chi connectivity index (χ3n) is 1.95. The number of alkyl halides is 1. The number of nitro benzene ring substituents is 1. The van der Waals surface area contributed by atoms with Crippen molar-refractivity contribution in [3.8, 4) is 0 Å². The molecule has 0 saturated carbocycles. The van der Waals surface area contributed by atoms with Crippen LogP contribution in [0.5, 0.6) is 0 Å². The predicted molar refractivity (Wildman–Crippen MR) is 55.3 cm³/mol. The van der Waals surface area contributed by atoms with E-state index in [9.17, 15) is 14.5 Å². The summed E-state index contributed by atoms with van der Waals surface area (Å²) in [6.45, 7) is 1.84. The normalized spacial score (nSPS) is 12.5. The third kappa shape index (κ3) is 2.29. The maximum absolute atomic E-state index is 12.8. The first-order valence-corrected chi connectivity index (χ1v) is 5.18. The highest BCUT2D eigenvalue weighted by atomic mass is 79.9. The van der Waals surface area contributed by atoms with E-state index in [1.807, 2.05) is 6.92 Å². The lowest BCUT2D eigenvalue weighted by Crippen LogP contribution is -2.01. The largest absolute Gasteiger partial charge is 0.275 e. The van der Waals surface area contributed by atoms with Crippen LogP contribution in [0.25, 0.3) is 0 Å². The van der Waals surface area contributed by atoms with E-state index in [2.05, 4.69) is 15.9 Å². The summed E-state index contributed by atoms with van der Waals surface area (Å²) >= 11 is 3.24. The van der Waals surface area contributed by atoms with Crippen molar-refractivity contribution in [2.75, 3.05) is 5.33 Å². The Balaban J connectivity index is 3.21. The highest BCUT2D eigenvalue weighted by molar-refractivity contribution is 9.09. The molecule has 0 saturated heterocycles. The van der Waals surface area contributed by atoms with Crippen molar-refractivity contribution in [2.45, 2.75) is 12.8 Å². The zero-order valence-corrected chi connectivity index (χ0v) is 9.12. The molecule has 76 valence electrons. The molecule has 0 aliphatic rings. The lowest BCUT2D eigenvalue weighted by molar-refractivity contribution is -0.385. The first-order valence-electron chi connectivity index (χ1n) is 4.06. The van der Waals surface area contributed by atoms with E-state index < -0.39 is 10.7 Å². The van der Waals surface area contributed by atoms with Gasteiger partial charge in [0.2, 0.25) is 0 Å². The minimum absolute atomic E-state index is 0.00370. The molecule has 5 heteroatoms. The van der Waals surface area contributed by atoms with Crippen LogP contribution >= 0.6 is 15.9 Å². The van der Waals surface area contributed by atoms with E-state index in [0.717, 1.165) is 6.07 Å². The summed E-state index contributed by atoms with van der Waals surface area (Å²) in [7, 11) is 0. The van der Waals surface area contributed by atoms with Gasteiger partial charge in [0.05, 0.1) is 11.0 Å². The number of halogens is 2. The second-order valence-corrected chi connectivity index (χ2v) is 3.66. The van der Waals surface area contributed by atoms with Gasteiger partial charge in [0, 0.05) is 10.9 Å². The molecule has 1 aromatic carbocycles. The van der Waals surface area contributed by atoms with Crippen LogP contribution in [0.15, 0.2) is 18.2 Å². The van der Waals surface area contributed by atoms with Crippen molar-refractivity contribution in [3.63, 3.8) is 0 Å². The van der Waals surface area contributed by atoms with E-state index in [0.29, 0.717) is 10.9 Å². The average Bonchev–Trinajstić information content (AvgIpc) is 2.16. The van der Waals surface area contributed by atoms with Gasteiger partial charge >= 0.3 is 0 Å². The lowest BCUT2D eigenvalue weighted by Gasteiger charge is -2.08. The summed E-state index contributed by atoms with van der Waals surface area (Å²) in [5.41, 5.74) is 0.394. The fraction of sp³-hybridized carbons (Fsp3) is 0.333. The summed E-state index contributed by atoms with van der Waals surface area (Å²) in [5.74, 6) is -0.585. The van der Waals surface area contributed by atoms with Gasteiger partial charge in [0.1, 0.15) is 5.82 Å². The van der Waals surface area contributed by atoms with E-state index in [4.69, 9.17) is 0 Å². The molecule has 1 atom stereocenters. The fourth-order valence-corrected chi connectivity index (χ4v) is 1.52. The van der Waals surface area contributed by atoms with Crippen molar-refractivity contribution >= 4 is 21.6 Å². The first kappa shape index (κ1) is 11.1. The van der Waals surface area contributed by atoms with Gasteiger partial charge in [-0.1, -0.05) is 22.9 Å². The van der Waals surface area contributed by atoms with E-state index in [1.165, 1.54) is 12.1 Å². The molecule has 0 aliphatic heterocycles. The molecule has 0 fully saturated rings. The molecule has 0 heterocycles. The number of hydrogen-bond acceptors (Lipinski definition) is 2. The molecule has 1 rings (SSSR count). The summed E-state index contributed by atoms with van der Waals surface area (Å²) < 4.78 is 12.8. The van der Waals surface area contributed by atoms with Crippen molar-refractivity contribution in [1.82, 2.24) is 0 Å². The minimum Gasteiger partial charge on any atom is -0.258 e. The summed E-state index contributed by atoms with van der Waals surface area (Å²) in [5, 5.41) is 11.2. The molecule has 0 N–H and O–H groups in total. The van der Waals surface area contributed by atoms with Gasteiger partial charge < -0.3 is 0 Å². The molecule has 0 spiro atoms. The van der Waals surface area contributed by atoms with Crippen molar-refractivity contribution < 1.29 is 9.31 Å². The highest BCUT2D eigenvalue weighted by Crippen LogP contribution is 2.28. The Bertz CT molecular complexity index is 357. The second-order valence-electron chi connectivity index (χ2n) is 3.02. The van der Waals surface area contributed by atoms with Crippen LogP contribution in [0.4, 0.5) is 10.1 Å². The van der Waals surface area contributed by atoms with Gasteiger partial charge in [-0.15, -0.1) is 0 Å². The Morgan fingerprint density at radius 2 is 2.29 bits per heavy atom. The van der Waals surface area contributed by atoms with Crippen LogP contribution in [-0.2, 0) is 0 Å². The Labute approximate surface area is 89.2 Å². The van der Waals surface area contributed by atoms with Gasteiger partial charge in [0.15, 0.2) is 0 Å². The fourth-order valence-electron chi connectivity index (χ4n) is 1.17. The van der Waals surface area contributed by atoms with Crippen LogP contribution in [0.2, 0.25) is 0 Å². The average molecular weight is 262 g/mol. The molecule has 1 aromatic rings. The predicted octanol–water partition coefficient (Wildman–Crippen LogP) is 3.23. The van der Waals surface area contributed by atoms with Crippen LogP contribution < -0.4 is 0 Å². The van der Waals surface area contributed by atoms with Gasteiger partial charge in [-0.3, -0.25) is 10.1 Å². The molecule has 0 radical (unpaired) electrons. The first-order chi connectivity index (χ1) is 6.56. The Kier molecular flexibility index (Phi) is 3.57.